The topological polar surface area (TPSA) is 84.9 Å². The molecule has 1 heterocycles. The highest BCUT2D eigenvalue weighted by molar-refractivity contribution is 9.10. The summed E-state index contributed by atoms with van der Waals surface area (Å²) >= 11 is 9.91. The van der Waals surface area contributed by atoms with Crippen molar-refractivity contribution in [2.75, 3.05) is 4.90 Å². The Bertz CT molecular complexity index is 1610. The summed E-state index contributed by atoms with van der Waals surface area (Å²) in [6, 6.07) is 27.9. The first-order chi connectivity index (χ1) is 19.4. The summed E-state index contributed by atoms with van der Waals surface area (Å²) in [6.07, 6.45) is 1.39. The molecule has 0 unspecified atom stereocenters. The number of imide groups is 2. The fourth-order valence-corrected chi connectivity index (χ4v) is 4.63. The van der Waals surface area contributed by atoms with Gasteiger partial charge in [0.1, 0.15) is 30.3 Å². The molecule has 1 fully saturated rings. The van der Waals surface area contributed by atoms with Gasteiger partial charge in [0.05, 0.1) is 10.7 Å². The second-order valence-electron chi connectivity index (χ2n) is 8.80. The number of nitrogens with zero attached hydrogens (tertiary/aromatic N) is 1. The first-order valence-electron chi connectivity index (χ1n) is 12.2. The molecule has 1 saturated heterocycles. The molecule has 0 atom stereocenters. The third-order valence-electron chi connectivity index (χ3n) is 6.05. The van der Waals surface area contributed by atoms with Gasteiger partial charge in [-0.25, -0.2) is 9.69 Å². The van der Waals surface area contributed by atoms with Crippen molar-refractivity contribution in [3.8, 4) is 11.5 Å². The Morgan fingerprint density at radius 2 is 1.55 bits per heavy atom. The van der Waals surface area contributed by atoms with Crippen LogP contribution >= 0.6 is 27.5 Å². The summed E-state index contributed by atoms with van der Waals surface area (Å²) in [4.78, 5) is 39.4. The van der Waals surface area contributed by atoms with E-state index in [9.17, 15) is 14.4 Å². The second-order valence-corrected chi connectivity index (χ2v) is 10.1. The number of ether oxygens (including phenoxy) is 2. The molecule has 4 aromatic carbocycles. The van der Waals surface area contributed by atoms with Gasteiger partial charge in [0.2, 0.25) is 0 Å². The lowest BCUT2D eigenvalue weighted by atomic mass is 10.1. The number of barbiturate groups is 1. The third-order valence-corrected chi connectivity index (χ3v) is 7.12. The Morgan fingerprint density at radius 3 is 2.27 bits per heavy atom. The van der Waals surface area contributed by atoms with Gasteiger partial charge in [-0.1, -0.05) is 82.1 Å². The van der Waals surface area contributed by atoms with E-state index in [1.54, 1.807) is 42.5 Å². The average Bonchev–Trinajstić information content (AvgIpc) is 2.95. The van der Waals surface area contributed by atoms with E-state index < -0.39 is 17.8 Å². The molecule has 1 aliphatic rings. The van der Waals surface area contributed by atoms with Crippen molar-refractivity contribution in [1.82, 2.24) is 5.32 Å². The lowest BCUT2D eigenvalue weighted by molar-refractivity contribution is -0.122. The van der Waals surface area contributed by atoms with E-state index in [2.05, 4.69) is 21.2 Å². The van der Waals surface area contributed by atoms with E-state index in [0.29, 0.717) is 41.0 Å². The van der Waals surface area contributed by atoms with E-state index in [-0.39, 0.29) is 5.57 Å². The van der Waals surface area contributed by atoms with E-state index >= 15 is 0 Å². The Kier molecular flexibility index (Phi) is 8.28. The van der Waals surface area contributed by atoms with Gasteiger partial charge in [0, 0.05) is 10.0 Å². The Hall–Kier alpha value is -4.40. The van der Waals surface area contributed by atoms with Crippen molar-refractivity contribution in [1.29, 1.82) is 0 Å². The predicted molar refractivity (Wildman–Crippen MR) is 156 cm³/mol. The van der Waals surface area contributed by atoms with Crippen LogP contribution in [0.4, 0.5) is 10.5 Å². The fourth-order valence-electron chi connectivity index (χ4n) is 3.99. The Labute approximate surface area is 244 Å². The first-order valence-corrected chi connectivity index (χ1v) is 13.4. The van der Waals surface area contributed by atoms with E-state index in [4.69, 9.17) is 21.1 Å². The van der Waals surface area contributed by atoms with Crippen LogP contribution in [0, 0.1) is 0 Å². The Morgan fingerprint density at radius 1 is 0.825 bits per heavy atom. The zero-order valence-corrected chi connectivity index (χ0v) is 23.3. The van der Waals surface area contributed by atoms with Crippen LogP contribution in [-0.4, -0.2) is 17.8 Å². The highest BCUT2D eigenvalue weighted by atomic mass is 79.9. The highest BCUT2D eigenvalue weighted by Crippen LogP contribution is 2.30. The lowest BCUT2D eigenvalue weighted by Gasteiger charge is -2.26. The van der Waals surface area contributed by atoms with Gasteiger partial charge < -0.3 is 9.47 Å². The molecule has 0 aliphatic carbocycles. The number of amides is 4. The molecular weight excluding hydrogens is 596 g/mol. The minimum absolute atomic E-state index is 0.207. The van der Waals surface area contributed by atoms with Gasteiger partial charge >= 0.3 is 6.03 Å². The number of anilines is 1. The fraction of sp³-hybridized carbons (Fsp3) is 0.0645. The van der Waals surface area contributed by atoms with Crippen LogP contribution in [-0.2, 0) is 22.8 Å². The van der Waals surface area contributed by atoms with Crippen molar-refractivity contribution in [2.45, 2.75) is 13.2 Å². The van der Waals surface area contributed by atoms with Gasteiger partial charge in [-0.2, -0.15) is 0 Å². The molecule has 1 aliphatic heterocycles. The number of nitrogens with one attached hydrogen (secondary N) is 1. The third kappa shape index (κ3) is 6.25. The molecule has 200 valence electrons. The van der Waals surface area contributed by atoms with Gasteiger partial charge in [0.15, 0.2) is 0 Å². The molecule has 4 aromatic rings. The first kappa shape index (κ1) is 27.2. The largest absolute Gasteiger partial charge is 0.489 e. The highest BCUT2D eigenvalue weighted by Gasteiger charge is 2.36. The summed E-state index contributed by atoms with van der Waals surface area (Å²) in [5, 5.41) is 2.53. The van der Waals surface area contributed by atoms with Crippen molar-refractivity contribution >= 4 is 57.1 Å². The van der Waals surface area contributed by atoms with Crippen LogP contribution in [0.5, 0.6) is 11.5 Å². The maximum absolute atomic E-state index is 13.3. The minimum atomic E-state index is -0.834. The summed E-state index contributed by atoms with van der Waals surface area (Å²) in [5.74, 6) is -0.525. The minimum Gasteiger partial charge on any atom is -0.489 e. The van der Waals surface area contributed by atoms with Crippen LogP contribution in [0.15, 0.2) is 107 Å². The molecule has 0 spiro atoms. The molecule has 9 heteroatoms. The van der Waals surface area contributed by atoms with Gasteiger partial charge in [-0.3, -0.25) is 14.9 Å². The number of hydrogen-bond acceptors (Lipinski definition) is 5. The number of halogens is 2. The van der Waals surface area contributed by atoms with Crippen LogP contribution in [0.25, 0.3) is 6.08 Å². The molecular formula is C31H22BrClN2O5. The van der Waals surface area contributed by atoms with Crippen LogP contribution in [0.2, 0.25) is 5.02 Å². The zero-order chi connectivity index (χ0) is 28.1. The normalized spacial score (nSPS) is 14.3. The molecule has 0 aromatic heterocycles. The number of benzene rings is 4. The van der Waals surface area contributed by atoms with Gasteiger partial charge in [0.25, 0.3) is 11.8 Å². The second kappa shape index (κ2) is 12.2. The summed E-state index contributed by atoms with van der Waals surface area (Å²) in [6.45, 7) is 0.677. The summed E-state index contributed by atoms with van der Waals surface area (Å²) < 4.78 is 12.5. The molecule has 0 radical (unpaired) electrons. The number of carbonyl (C=O) groups is 3. The van der Waals surface area contributed by atoms with Crippen LogP contribution in [0.3, 0.4) is 0 Å². The number of hydrogen-bond donors (Lipinski definition) is 1. The maximum atomic E-state index is 13.3. The molecule has 0 bridgehead atoms. The molecule has 40 heavy (non-hydrogen) atoms. The van der Waals surface area contributed by atoms with Crippen LogP contribution in [0.1, 0.15) is 16.7 Å². The van der Waals surface area contributed by atoms with E-state index in [1.165, 1.54) is 6.08 Å². The smallest absolute Gasteiger partial charge is 0.335 e. The monoisotopic (exact) mass is 616 g/mol. The van der Waals surface area contributed by atoms with Crippen molar-refractivity contribution in [2.24, 2.45) is 0 Å². The molecule has 0 saturated carbocycles. The Balaban J connectivity index is 1.30. The predicted octanol–water partition coefficient (Wildman–Crippen LogP) is 6.93. The number of rotatable bonds is 8. The van der Waals surface area contributed by atoms with Gasteiger partial charge in [-0.15, -0.1) is 0 Å². The molecule has 7 nitrogen and oxygen atoms in total. The zero-order valence-electron chi connectivity index (χ0n) is 21.0. The van der Waals surface area contributed by atoms with E-state index in [0.717, 1.165) is 20.5 Å². The average molecular weight is 618 g/mol. The van der Waals surface area contributed by atoms with Crippen LogP contribution < -0.4 is 19.7 Å². The molecule has 1 N–H and O–H groups in total. The van der Waals surface area contributed by atoms with E-state index in [1.807, 2.05) is 54.6 Å². The van der Waals surface area contributed by atoms with Crippen molar-refractivity contribution < 1.29 is 23.9 Å². The number of carbonyl (C=O) groups excluding carboxylic acids is 3. The van der Waals surface area contributed by atoms with Crippen molar-refractivity contribution in [3.05, 3.63) is 129 Å². The maximum Gasteiger partial charge on any atom is 0.335 e. The van der Waals surface area contributed by atoms with Crippen molar-refractivity contribution in [3.63, 3.8) is 0 Å². The standard InChI is InChI=1S/C31H22BrClN2O5/c32-26-9-5-4-8-22(26)19-40-28-15-10-21(17-27(28)33)16-25-29(36)34-31(38)35(30(25)37)23-11-13-24(14-12-23)39-18-20-6-2-1-3-7-20/h1-17H,18-19H2,(H,34,36,38)/b25-16+. The lowest BCUT2D eigenvalue weighted by Crippen LogP contribution is -2.54. The number of urea groups is 1. The van der Waals surface area contributed by atoms with Gasteiger partial charge in [-0.05, 0) is 59.7 Å². The quantitative estimate of drug-likeness (QED) is 0.171. The molecule has 5 rings (SSSR count). The SMILES string of the molecule is O=C1NC(=O)N(c2ccc(OCc3ccccc3)cc2)C(=O)/C1=C/c1ccc(OCc2ccccc2Br)c(Cl)c1. The molecule has 4 amide bonds. The summed E-state index contributed by atoms with van der Waals surface area (Å²) in [5.41, 5.74) is 2.55. The summed E-state index contributed by atoms with van der Waals surface area (Å²) in [7, 11) is 0.